The number of hydrogen-bond donors (Lipinski definition) is 1. The second-order valence-electron chi connectivity index (χ2n) is 3.88. The van der Waals surface area contributed by atoms with Crippen molar-refractivity contribution in [1.82, 2.24) is 25.5 Å². The van der Waals surface area contributed by atoms with Gasteiger partial charge in [0.15, 0.2) is 5.82 Å². The van der Waals surface area contributed by atoms with Crippen molar-refractivity contribution in [1.29, 1.82) is 0 Å². The van der Waals surface area contributed by atoms with Gasteiger partial charge in [-0.2, -0.15) is 0 Å². The van der Waals surface area contributed by atoms with E-state index >= 15 is 0 Å². The van der Waals surface area contributed by atoms with Crippen LogP contribution in [0, 0.1) is 0 Å². The fourth-order valence-electron chi connectivity index (χ4n) is 1.65. The molecule has 1 N–H and O–H groups in total. The van der Waals surface area contributed by atoms with Gasteiger partial charge in [-0.3, -0.25) is 0 Å². The highest BCUT2D eigenvalue weighted by atomic mass is 16.5. The molecule has 0 radical (unpaired) electrons. The number of methoxy groups -OCH3 is 1. The van der Waals surface area contributed by atoms with Crippen molar-refractivity contribution in [2.75, 3.05) is 13.7 Å². The van der Waals surface area contributed by atoms with Gasteiger partial charge in [0.05, 0.1) is 20.2 Å². The van der Waals surface area contributed by atoms with Gasteiger partial charge in [-0.25, -0.2) is 4.68 Å². The van der Waals surface area contributed by atoms with E-state index in [0.717, 1.165) is 23.7 Å². The van der Waals surface area contributed by atoms with Gasteiger partial charge in [-0.1, -0.05) is 19.1 Å². The summed E-state index contributed by atoms with van der Waals surface area (Å²) in [5.41, 5.74) is 1.11. The SMILES string of the molecule is CCNCc1nnnn1Cc1cccc(OC)c1. The van der Waals surface area contributed by atoms with Crippen molar-refractivity contribution in [3.63, 3.8) is 0 Å². The highest BCUT2D eigenvalue weighted by Gasteiger charge is 2.06. The molecule has 0 aliphatic carbocycles. The number of benzene rings is 1. The van der Waals surface area contributed by atoms with E-state index in [1.54, 1.807) is 11.8 Å². The van der Waals surface area contributed by atoms with E-state index in [0.29, 0.717) is 13.1 Å². The van der Waals surface area contributed by atoms with Crippen LogP contribution in [0.5, 0.6) is 5.75 Å². The Bertz CT molecular complexity index is 497. The molecule has 0 bridgehead atoms. The normalized spacial score (nSPS) is 10.6. The quantitative estimate of drug-likeness (QED) is 0.819. The number of rotatable bonds is 6. The topological polar surface area (TPSA) is 64.9 Å². The summed E-state index contributed by atoms with van der Waals surface area (Å²) in [6.45, 7) is 4.26. The Morgan fingerprint density at radius 2 is 2.28 bits per heavy atom. The molecule has 0 saturated heterocycles. The van der Waals surface area contributed by atoms with Crippen LogP contribution in [-0.2, 0) is 13.1 Å². The van der Waals surface area contributed by atoms with Crippen LogP contribution in [0.25, 0.3) is 0 Å². The minimum atomic E-state index is 0.644. The number of hydrogen-bond acceptors (Lipinski definition) is 5. The zero-order chi connectivity index (χ0) is 12.8. The van der Waals surface area contributed by atoms with E-state index in [4.69, 9.17) is 4.74 Å². The van der Waals surface area contributed by atoms with E-state index in [2.05, 4.69) is 27.8 Å². The molecular weight excluding hydrogens is 230 g/mol. The Morgan fingerprint density at radius 3 is 3.06 bits per heavy atom. The summed E-state index contributed by atoms with van der Waals surface area (Å²) >= 11 is 0. The van der Waals surface area contributed by atoms with Crippen LogP contribution in [0.3, 0.4) is 0 Å². The third kappa shape index (κ3) is 3.04. The highest BCUT2D eigenvalue weighted by Crippen LogP contribution is 2.13. The summed E-state index contributed by atoms with van der Waals surface area (Å²) in [6.07, 6.45) is 0. The molecule has 1 aromatic carbocycles. The average molecular weight is 247 g/mol. The van der Waals surface area contributed by atoms with Crippen LogP contribution < -0.4 is 10.1 Å². The summed E-state index contributed by atoms with van der Waals surface area (Å²) < 4.78 is 6.99. The smallest absolute Gasteiger partial charge is 0.165 e. The standard InChI is InChI=1S/C12H17N5O/c1-3-13-8-12-14-15-16-17(12)9-10-5-4-6-11(7-10)18-2/h4-7,13H,3,8-9H2,1-2H3. The lowest BCUT2D eigenvalue weighted by Gasteiger charge is -2.06. The zero-order valence-electron chi connectivity index (χ0n) is 10.6. The van der Waals surface area contributed by atoms with Crippen molar-refractivity contribution >= 4 is 0 Å². The molecule has 18 heavy (non-hydrogen) atoms. The van der Waals surface area contributed by atoms with Crippen molar-refractivity contribution < 1.29 is 4.74 Å². The Balaban J connectivity index is 2.10. The Kier molecular flexibility index (Phi) is 4.25. The Labute approximate surface area is 106 Å². The molecule has 2 aromatic rings. The maximum absolute atomic E-state index is 5.20. The fourth-order valence-corrected chi connectivity index (χ4v) is 1.65. The molecule has 1 aromatic heterocycles. The van der Waals surface area contributed by atoms with Gasteiger partial charge in [0.2, 0.25) is 0 Å². The Hall–Kier alpha value is -1.95. The van der Waals surface area contributed by atoms with Gasteiger partial charge in [-0.15, -0.1) is 5.10 Å². The first-order valence-corrected chi connectivity index (χ1v) is 5.92. The fraction of sp³-hybridized carbons (Fsp3) is 0.417. The molecule has 0 aliphatic heterocycles. The van der Waals surface area contributed by atoms with E-state index in [1.807, 2.05) is 24.3 Å². The summed E-state index contributed by atoms with van der Waals surface area (Å²) in [7, 11) is 1.66. The first kappa shape index (κ1) is 12.5. The number of nitrogens with one attached hydrogen (secondary N) is 1. The van der Waals surface area contributed by atoms with Gasteiger partial charge in [0, 0.05) is 0 Å². The lowest BCUT2D eigenvalue weighted by atomic mass is 10.2. The molecule has 6 nitrogen and oxygen atoms in total. The number of nitrogens with zero attached hydrogens (tertiary/aromatic N) is 4. The molecule has 6 heteroatoms. The lowest BCUT2D eigenvalue weighted by Crippen LogP contribution is -2.17. The molecule has 2 rings (SSSR count). The number of tetrazole rings is 1. The summed E-state index contributed by atoms with van der Waals surface area (Å²) in [6, 6.07) is 7.89. The lowest BCUT2D eigenvalue weighted by molar-refractivity contribution is 0.414. The molecule has 0 unspecified atom stereocenters. The van der Waals surface area contributed by atoms with Crippen molar-refractivity contribution in [3.05, 3.63) is 35.7 Å². The maximum Gasteiger partial charge on any atom is 0.165 e. The van der Waals surface area contributed by atoms with Gasteiger partial charge in [-0.05, 0) is 34.7 Å². The van der Waals surface area contributed by atoms with Gasteiger partial charge in [0.25, 0.3) is 0 Å². The largest absolute Gasteiger partial charge is 0.497 e. The molecule has 0 amide bonds. The second-order valence-corrected chi connectivity index (χ2v) is 3.88. The van der Waals surface area contributed by atoms with Crippen molar-refractivity contribution in [2.24, 2.45) is 0 Å². The maximum atomic E-state index is 5.20. The molecule has 1 heterocycles. The highest BCUT2D eigenvalue weighted by molar-refractivity contribution is 5.28. The first-order chi connectivity index (χ1) is 8.83. The number of aromatic nitrogens is 4. The van der Waals surface area contributed by atoms with Gasteiger partial charge in [0.1, 0.15) is 5.75 Å². The Morgan fingerprint density at radius 1 is 1.39 bits per heavy atom. The molecule has 0 atom stereocenters. The van der Waals surface area contributed by atoms with Crippen LogP contribution in [0.1, 0.15) is 18.3 Å². The van der Waals surface area contributed by atoms with Crippen LogP contribution in [0.15, 0.2) is 24.3 Å². The third-order valence-corrected chi connectivity index (χ3v) is 2.61. The van der Waals surface area contributed by atoms with Crippen LogP contribution >= 0.6 is 0 Å². The summed E-state index contributed by atoms with van der Waals surface area (Å²) in [4.78, 5) is 0. The minimum Gasteiger partial charge on any atom is -0.497 e. The third-order valence-electron chi connectivity index (χ3n) is 2.61. The van der Waals surface area contributed by atoms with Crippen LogP contribution in [-0.4, -0.2) is 33.9 Å². The monoisotopic (exact) mass is 247 g/mol. The van der Waals surface area contributed by atoms with E-state index in [-0.39, 0.29) is 0 Å². The molecule has 0 fully saturated rings. The molecule has 0 saturated carbocycles. The number of ether oxygens (including phenoxy) is 1. The molecule has 0 aliphatic rings. The van der Waals surface area contributed by atoms with Gasteiger partial charge < -0.3 is 10.1 Å². The first-order valence-electron chi connectivity index (χ1n) is 5.92. The van der Waals surface area contributed by atoms with E-state index < -0.39 is 0 Å². The van der Waals surface area contributed by atoms with Crippen molar-refractivity contribution in [3.8, 4) is 5.75 Å². The van der Waals surface area contributed by atoms with Crippen LogP contribution in [0.2, 0.25) is 0 Å². The predicted octanol–water partition coefficient (Wildman–Crippen LogP) is 0.839. The van der Waals surface area contributed by atoms with E-state index in [9.17, 15) is 0 Å². The molecule has 96 valence electrons. The van der Waals surface area contributed by atoms with Crippen LogP contribution in [0.4, 0.5) is 0 Å². The van der Waals surface area contributed by atoms with E-state index in [1.165, 1.54) is 0 Å². The minimum absolute atomic E-state index is 0.644. The van der Waals surface area contributed by atoms with Crippen molar-refractivity contribution in [2.45, 2.75) is 20.0 Å². The second kappa shape index (κ2) is 6.11. The van der Waals surface area contributed by atoms with Gasteiger partial charge >= 0.3 is 0 Å². The molecular formula is C12H17N5O. The average Bonchev–Trinajstić information content (AvgIpc) is 2.84. The summed E-state index contributed by atoms with van der Waals surface area (Å²) in [5, 5.41) is 14.9. The zero-order valence-corrected chi connectivity index (χ0v) is 10.6. The molecule has 0 spiro atoms. The summed E-state index contributed by atoms with van der Waals surface area (Å²) in [5.74, 6) is 1.67. The predicted molar refractivity (Wildman–Crippen MR) is 67.3 cm³/mol.